The van der Waals surface area contributed by atoms with Crippen LogP contribution >= 0.6 is 0 Å². The van der Waals surface area contributed by atoms with Gasteiger partial charge in [0.05, 0.1) is 18.7 Å². The highest BCUT2D eigenvalue weighted by Crippen LogP contribution is 2.19. The number of nitrogens with one attached hydrogen (secondary N) is 3. The Hall–Kier alpha value is -3.29. The number of amides is 3. The zero-order chi connectivity index (χ0) is 19.1. The van der Waals surface area contributed by atoms with Gasteiger partial charge in [0, 0.05) is 12.6 Å². The number of hydrogen-bond acceptors (Lipinski definition) is 3. The van der Waals surface area contributed by atoms with Gasteiger partial charge in [0.1, 0.15) is 11.6 Å². The highest BCUT2D eigenvalue weighted by Gasteiger charge is 2.10. The summed E-state index contributed by atoms with van der Waals surface area (Å²) in [7, 11) is 0. The Labute approximate surface area is 148 Å². The van der Waals surface area contributed by atoms with E-state index in [2.05, 4.69) is 16.0 Å². The summed E-state index contributed by atoms with van der Waals surface area (Å²) in [6.07, 6.45) is -0.0612. The molecule has 0 aliphatic heterocycles. The van der Waals surface area contributed by atoms with E-state index < -0.39 is 29.4 Å². The van der Waals surface area contributed by atoms with Gasteiger partial charge < -0.3 is 16.0 Å². The second-order valence-electron chi connectivity index (χ2n) is 5.51. The molecule has 26 heavy (non-hydrogen) atoms. The number of rotatable bonds is 6. The third-order valence-corrected chi connectivity index (χ3v) is 3.26. The van der Waals surface area contributed by atoms with Crippen LogP contribution in [0, 0.1) is 11.6 Å². The van der Waals surface area contributed by atoms with Crippen LogP contribution in [0.25, 0.3) is 0 Å². The van der Waals surface area contributed by atoms with E-state index in [1.54, 1.807) is 6.07 Å². The average Bonchev–Trinajstić information content (AvgIpc) is 2.56. The lowest BCUT2D eigenvalue weighted by Gasteiger charge is -2.10. The third kappa shape index (κ3) is 5.97. The topological polar surface area (TPSA) is 87.3 Å². The molecular formula is C18H17F2N3O3. The molecule has 0 spiro atoms. The molecule has 2 aromatic rings. The van der Waals surface area contributed by atoms with Crippen LogP contribution in [0.3, 0.4) is 0 Å². The first-order valence-corrected chi connectivity index (χ1v) is 7.71. The zero-order valence-electron chi connectivity index (χ0n) is 13.9. The first-order valence-electron chi connectivity index (χ1n) is 7.71. The van der Waals surface area contributed by atoms with Crippen LogP contribution in [0.5, 0.6) is 0 Å². The monoisotopic (exact) mass is 361 g/mol. The van der Waals surface area contributed by atoms with Crippen molar-refractivity contribution in [3.8, 4) is 0 Å². The molecule has 0 aliphatic carbocycles. The van der Waals surface area contributed by atoms with Crippen LogP contribution in [-0.4, -0.2) is 24.3 Å². The van der Waals surface area contributed by atoms with E-state index >= 15 is 0 Å². The van der Waals surface area contributed by atoms with Gasteiger partial charge in [-0.1, -0.05) is 12.1 Å². The van der Waals surface area contributed by atoms with E-state index in [1.807, 2.05) is 0 Å². The number of carbonyl (C=O) groups is 3. The molecule has 136 valence electrons. The summed E-state index contributed by atoms with van der Waals surface area (Å²) < 4.78 is 26.6. The Balaban J connectivity index is 1.86. The van der Waals surface area contributed by atoms with Crippen LogP contribution in [0.15, 0.2) is 42.5 Å². The Morgan fingerprint density at radius 3 is 2.42 bits per heavy atom. The second-order valence-corrected chi connectivity index (χ2v) is 5.51. The molecule has 0 aliphatic rings. The molecule has 0 bridgehead atoms. The molecule has 0 unspecified atom stereocenters. The molecule has 3 amide bonds. The minimum atomic E-state index is -0.637. The van der Waals surface area contributed by atoms with Gasteiger partial charge >= 0.3 is 0 Å². The molecule has 0 saturated carbocycles. The van der Waals surface area contributed by atoms with Crippen molar-refractivity contribution in [1.82, 2.24) is 5.32 Å². The molecule has 0 radical (unpaired) electrons. The fourth-order valence-electron chi connectivity index (χ4n) is 2.17. The molecule has 6 nitrogen and oxygen atoms in total. The van der Waals surface area contributed by atoms with Crippen LogP contribution < -0.4 is 16.0 Å². The molecule has 2 aromatic carbocycles. The van der Waals surface area contributed by atoms with E-state index in [0.29, 0.717) is 5.56 Å². The molecule has 2 rings (SSSR count). The predicted octanol–water partition coefficient (Wildman–Crippen LogP) is 2.22. The molecular weight excluding hydrogens is 344 g/mol. The van der Waals surface area contributed by atoms with Crippen molar-refractivity contribution in [3.63, 3.8) is 0 Å². The lowest BCUT2D eigenvalue weighted by molar-refractivity contribution is -0.123. The van der Waals surface area contributed by atoms with E-state index in [4.69, 9.17) is 0 Å². The predicted molar refractivity (Wildman–Crippen MR) is 92.4 cm³/mol. The first-order chi connectivity index (χ1) is 12.3. The summed E-state index contributed by atoms with van der Waals surface area (Å²) in [6.45, 7) is 0.930. The van der Waals surface area contributed by atoms with Crippen LogP contribution in [-0.2, 0) is 20.8 Å². The van der Waals surface area contributed by atoms with Crippen LogP contribution in [0.1, 0.15) is 12.5 Å². The maximum absolute atomic E-state index is 13.5. The molecule has 0 heterocycles. The van der Waals surface area contributed by atoms with Crippen LogP contribution in [0.4, 0.5) is 20.2 Å². The summed E-state index contributed by atoms with van der Waals surface area (Å²) >= 11 is 0. The summed E-state index contributed by atoms with van der Waals surface area (Å²) in [5.74, 6) is -2.50. The summed E-state index contributed by atoms with van der Waals surface area (Å²) in [5, 5.41) is 7.19. The largest absolute Gasteiger partial charge is 0.347 e. The zero-order valence-corrected chi connectivity index (χ0v) is 13.9. The lowest BCUT2D eigenvalue weighted by atomic mass is 10.1. The van der Waals surface area contributed by atoms with Gasteiger partial charge in [-0.15, -0.1) is 0 Å². The molecule has 0 atom stereocenters. The van der Waals surface area contributed by atoms with Crippen molar-refractivity contribution < 1.29 is 23.2 Å². The van der Waals surface area contributed by atoms with E-state index in [9.17, 15) is 23.2 Å². The number of halogens is 2. The van der Waals surface area contributed by atoms with Gasteiger partial charge in [-0.25, -0.2) is 8.78 Å². The van der Waals surface area contributed by atoms with Gasteiger partial charge in [-0.3, -0.25) is 14.4 Å². The van der Waals surface area contributed by atoms with Crippen molar-refractivity contribution >= 4 is 29.1 Å². The van der Waals surface area contributed by atoms with Gasteiger partial charge in [0.2, 0.25) is 17.7 Å². The van der Waals surface area contributed by atoms with Gasteiger partial charge in [0.25, 0.3) is 0 Å². The van der Waals surface area contributed by atoms with E-state index in [0.717, 1.165) is 6.07 Å². The summed E-state index contributed by atoms with van der Waals surface area (Å²) in [6, 6.07) is 9.30. The fourth-order valence-corrected chi connectivity index (χ4v) is 2.17. The molecule has 0 aromatic heterocycles. The molecule has 3 N–H and O–H groups in total. The second kappa shape index (κ2) is 8.70. The highest BCUT2D eigenvalue weighted by molar-refractivity contribution is 5.96. The molecule has 8 heteroatoms. The summed E-state index contributed by atoms with van der Waals surface area (Å²) in [4.78, 5) is 34.7. The van der Waals surface area contributed by atoms with E-state index in [-0.39, 0.29) is 24.3 Å². The Bertz CT molecular complexity index is 840. The third-order valence-electron chi connectivity index (χ3n) is 3.26. The normalized spacial score (nSPS) is 10.1. The first kappa shape index (κ1) is 19.0. The minimum Gasteiger partial charge on any atom is -0.347 e. The van der Waals surface area contributed by atoms with Gasteiger partial charge in [-0.05, 0) is 35.9 Å². The maximum atomic E-state index is 13.5. The lowest BCUT2D eigenvalue weighted by Crippen LogP contribution is -2.33. The minimum absolute atomic E-state index is 0.0612. The smallest absolute Gasteiger partial charge is 0.243 e. The highest BCUT2D eigenvalue weighted by atomic mass is 19.1. The molecule has 0 saturated heterocycles. The van der Waals surface area contributed by atoms with Crippen molar-refractivity contribution in [1.29, 1.82) is 0 Å². The number of hydrogen-bond donors (Lipinski definition) is 3. The average molecular weight is 361 g/mol. The van der Waals surface area contributed by atoms with Crippen molar-refractivity contribution in [2.24, 2.45) is 0 Å². The maximum Gasteiger partial charge on any atom is 0.243 e. The fraction of sp³-hybridized carbons (Fsp3) is 0.167. The number of anilines is 2. The van der Waals surface area contributed by atoms with Gasteiger partial charge in [0.15, 0.2) is 0 Å². The molecule has 0 fully saturated rings. The van der Waals surface area contributed by atoms with Crippen LogP contribution in [0.2, 0.25) is 0 Å². The number of benzene rings is 2. The Morgan fingerprint density at radius 1 is 0.962 bits per heavy atom. The van der Waals surface area contributed by atoms with Crippen molar-refractivity contribution in [2.75, 3.05) is 17.2 Å². The Morgan fingerprint density at radius 2 is 1.73 bits per heavy atom. The Kier molecular flexibility index (Phi) is 6.37. The number of carbonyl (C=O) groups excluding carboxylic acids is 3. The standard InChI is InChI=1S/C18H17F2N3O3/c1-11(24)22-16-9-14(5-6-15(16)20)23-18(26)10-21-17(25)8-12-3-2-4-13(19)7-12/h2-7,9H,8,10H2,1H3,(H,21,25)(H,22,24)(H,23,26). The summed E-state index contributed by atoms with van der Waals surface area (Å²) in [5.41, 5.74) is 0.686. The van der Waals surface area contributed by atoms with Crippen molar-refractivity contribution in [2.45, 2.75) is 13.3 Å². The quantitative estimate of drug-likeness (QED) is 0.737. The van der Waals surface area contributed by atoms with E-state index in [1.165, 1.54) is 37.3 Å². The van der Waals surface area contributed by atoms with Crippen molar-refractivity contribution in [3.05, 3.63) is 59.7 Å². The van der Waals surface area contributed by atoms with Gasteiger partial charge in [-0.2, -0.15) is 0 Å². The SMILES string of the molecule is CC(=O)Nc1cc(NC(=O)CNC(=O)Cc2cccc(F)c2)ccc1F.